The van der Waals surface area contributed by atoms with E-state index in [1.807, 2.05) is 49.6 Å². The Morgan fingerprint density at radius 2 is 1.83 bits per heavy atom. The molecule has 0 radical (unpaired) electrons. The van der Waals surface area contributed by atoms with E-state index in [0.717, 1.165) is 29.7 Å². The number of hydrogen-bond donors (Lipinski definition) is 2. The molecule has 10 heteroatoms. The lowest BCUT2D eigenvalue weighted by molar-refractivity contribution is -0.137. The summed E-state index contributed by atoms with van der Waals surface area (Å²) >= 11 is 0. The summed E-state index contributed by atoms with van der Waals surface area (Å²) in [6.45, 7) is 6.03. The van der Waals surface area contributed by atoms with Crippen molar-refractivity contribution >= 4 is 23.0 Å². The number of hydrogen-bond acceptors (Lipinski definition) is 5. The molecule has 0 aliphatic carbocycles. The Hall–Kier alpha value is -3.95. The summed E-state index contributed by atoms with van der Waals surface area (Å²) < 4.78 is 41.0. The lowest BCUT2D eigenvalue weighted by atomic mass is 10.1. The van der Waals surface area contributed by atoms with Crippen LogP contribution in [0.1, 0.15) is 47.6 Å². The predicted molar refractivity (Wildman–Crippen MR) is 126 cm³/mol. The van der Waals surface area contributed by atoms with E-state index in [4.69, 9.17) is 0 Å². The minimum absolute atomic E-state index is 0.0217. The van der Waals surface area contributed by atoms with Crippen LogP contribution in [-0.2, 0) is 12.7 Å². The maximum Gasteiger partial charge on any atom is 0.416 e. The van der Waals surface area contributed by atoms with Crippen LogP contribution in [-0.4, -0.2) is 36.6 Å². The number of rotatable bonds is 7. The second kappa shape index (κ2) is 9.36. The van der Waals surface area contributed by atoms with Gasteiger partial charge in [0.2, 0.25) is 5.82 Å². The quantitative estimate of drug-likeness (QED) is 0.346. The molecular weight excluding hydrogens is 459 g/mol. The number of aryl methyl sites for hydroxylation is 1. The third-order valence-corrected chi connectivity index (χ3v) is 5.69. The zero-order valence-electron chi connectivity index (χ0n) is 19.4. The van der Waals surface area contributed by atoms with Gasteiger partial charge in [0.25, 0.3) is 0 Å². The van der Waals surface area contributed by atoms with Crippen molar-refractivity contribution in [3.63, 3.8) is 0 Å². The van der Waals surface area contributed by atoms with Gasteiger partial charge in [-0.2, -0.15) is 13.2 Å². The highest BCUT2D eigenvalue weighted by Crippen LogP contribution is 2.32. The van der Waals surface area contributed by atoms with Crippen molar-refractivity contribution in [3.8, 4) is 11.4 Å². The average Bonchev–Trinajstić information content (AvgIpc) is 3.17. The molecule has 2 aromatic heterocycles. The first-order valence-electron chi connectivity index (χ1n) is 11.1. The van der Waals surface area contributed by atoms with Crippen LogP contribution in [0.15, 0.2) is 48.5 Å². The van der Waals surface area contributed by atoms with Crippen LogP contribution in [0.25, 0.3) is 22.6 Å². The number of carbonyl (C=O) groups is 1. The molecular formula is C25H24F3N5O2. The minimum Gasteiger partial charge on any atom is -0.475 e. The normalized spacial score (nSPS) is 12.6. The van der Waals surface area contributed by atoms with Gasteiger partial charge in [-0.1, -0.05) is 42.8 Å². The maximum absolute atomic E-state index is 13.1. The molecule has 1 atom stereocenters. The van der Waals surface area contributed by atoms with Crippen molar-refractivity contribution < 1.29 is 23.1 Å². The van der Waals surface area contributed by atoms with E-state index in [1.165, 1.54) is 12.1 Å². The lowest BCUT2D eigenvalue weighted by Gasteiger charge is -2.16. The molecule has 0 saturated carbocycles. The minimum atomic E-state index is -4.43. The highest BCUT2D eigenvalue weighted by Gasteiger charge is 2.30. The first-order chi connectivity index (χ1) is 16.6. The van der Waals surface area contributed by atoms with Crippen LogP contribution in [0.2, 0.25) is 0 Å². The van der Waals surface area contributed by atoms with E-state index in [9.17, 15) is 23.1 Å². The van der Waals surface area contributed by atoms with E-state index >= 15 is 0 Å². The number of anilines is 1. The Morgan fingerprint density at radius 3 is 2.43 bits per heavy atom. The lowest BCUT2D eigenvalue weighted by Crippen LogP contribution is -2.18. The van der Waals surface area contributed by atoms with Gasteiger partial charge in [0.15, 0.2) is 11.5 Å². The number of alkyl halides is 3. The summed E-state index contributed by atoms with van der Waals surface area (Å²) in [7, 11) is 0. The number of aromatic nitrogens is 4. The van der Waals surface area contributed by atoms with E-state index in [0.29, 0.717) is 22.7 Å². The zero-order valence-corrected chi connectivity index (χ0v) is 19.4. The highest BCUT2D eigenvalue weighted by molar-refractivity contribution is 5.92. The Kier molecular flexibility index (Phi) is 6.47. The van der Waals surface area contributed by atoms with Gasteiger partial charge in [0.1, 0.15) is 11.3 Å². The number of benzene rings is 2. The van der Waals surface area contributed by atoms with Crippen molar-refractivity contribution in [2.45, 2.75) is 46.0 Å². The third-order valence-electron chi connectivity index (χ3n) is 5.69. The van der Waals surface area contributed by atoms with Gasteiger partial charge in [-0.25, -0.2) is 19.7 Å². The molecule has 4 aromatic rings. The van der Waals surface area contributed by atoms with E-state index in [1.54, 1.807) is 0 Å². The van der Waals surface area contributed by atoms with Crippen molar-refractivity contribution in [2.75, 3.05) is 5.32 Å². The highest BCUT2D eigenvalue weighted by atomic mass is 19.4. The number of carboxylic acids is 1. The number of nitrogens with one attached hydrogen (secondary N) is 1. The van der Waals surface area contributed by atoms with Crippen molar-refractivity contribution in [3.05, 3.63) is 71.0 Å². The number of halogens is 3. The number of aromatic carboxylic acids is 1. The van der Waals surface area contributed by atoms with Gasteiger partial charge >= 0.3 is 12.1 Å². The van der Waals surface area contributed by atoms with Crippen LogP contribution in [0.5, 0.6) is 0 Å². The van der Waals surface area contributed by atoms with E-state index < -0.39 is 23.5 Å². The second-order valence-electron chi connectivity index (χ2n) is 8.41. The smallest absolute Gasteiger partial charge is 0.416 e. The molecule has 1 unspecified atom stereocenters. The molecule has 35 heavy (non-hydrogen) atoms. The predicted octanol–water partition coefficient (Wildman–Crippen LogP) is 5.78. The molecule has 0 bridgehead atoms. The average molecular weight is 483 g/mol. The van der Waals surface area contributed by atoms with Crippen molar-refractivity contribution in [2.24, 2.45) is 0 Å². The second-order valence-corrected chi connectivity index (χ2v) is 8.41. The largest absolute Gasteiger partial charge is 0.475 e. The van der Waals surface area contributed by atoms with Crippen LogP contribution in [0, 0.1) is 6.92 Å². The van der Waals surface area contributed by atoms with Gasteiger partial charge in [-0.15, -0.1) is 0 Å². The van der Waals surface area contributed by atoms with Gasteiger partial charge in [-0.3, -0.25) is 0 Å². The Labute approximate surface area is 199 Å². The fourth-order valence-corrected chi connectivity index (χ4v) is 3.71. The van der Waals surface area contributed by atoms with Gasteiger partial charge in [0.05, 0.1) is 5.56 Å². The number of imidazole rings is 1. The molecule has 182 valence electrons. The fraction of sp³-hybridized carbons (Fsp3) is 0.280. The zero-order chi connectivity index (χ0) is 25.3. The fourth-order valence-electron chi connectivity index (χ4n) is 3.71. The van der Waals surface area contributed by atoms with Gasteiger partial charge < -0.3 is 15.0 Å². The summed E-state index contributed by atoms with van der Waals surface area (Å²) in [6.07, 6.45) is -3.67. The summed E-state index contributed by atoms with van der Waals surface area (Å²) in [6, 6.07) is 12.5. The first-order valence-corrected chi connectivity index (χ1v) is 11.1. The first kappa shape index (κ1) is 24.2. The SMILES string of the molecule is CCC(C)Nc1nc(C(=O)O)nc2nc(-c3cccc(C)c3)n(Cc3ccc(C(F)(F)F)cc3)c12. The standard InChI is InChI=1S/C25H24F3N5O2/c1-4-15(3)29-20-19-21(31-22(30-20)24(34)35)32-23(17-7-5-6-14(2)12-17)33(19)13-16-8-10-18(11-9-16)25(26,27)28/h5-12,15H,4,13H2,1-3H3,(H,34,35)(H,29,30,31). The Morgan fingerprint density at radius 1 is 1.11 bits per heavy atom. The summed E-state index contributed by atoms with van der Waals surface area (Å²) in [4.78, 5) is 24.7. The molecule has 0 fully saturated rings. The van der Waals surface area contributed by atoms with Gasteiger partial charge in [0, 0.05) is 18.2 Å². The summed E-state index contributed by atoms with van der Waals surface area (Å²) in [5.41, 5.74) is 2.30. The summed E-state index contributed by atoms with van der Waals surface area (Å²) in [5, 5.41) is 12.8. The Bertz CT molecular complexity index is 1380. The van der Waals surface area contributed by atoms with E-state index in [2.05, 4.69) is 20.3 Å². The molecule has 4 rings (SSSR count). The molecule has 2 aromatic carbocycles. The molecule has 2 heterocycles. The van der Waals surface area contributed by atoms with Crippen LogP contribution in [0.4, 0.5) is 19.0 Å². The maximum atomic E-state index is 13.1. The van der Waals surface area contributed by atoms with E-state index in [-0.39, 0.29) is 18.2 Å². The van der Waals surface area contributed by atoms with Crippen LogP contribution < -0.4 is 5.32 Å². The van der Waals surface area contributed by atoms with Crippen LogP contribution in [0.3, 0.4) is 0 Å². The molecule has 0 aliphatic rings. The molecule has 0 saturated heterocycles. The molecule has 0 spiro atoms. The van der Waals surface area contributed by atoms with Crippen LogP contribution >= 0.6 is 0 Å². The molecule has 0 amide bonds. The number of carboxylic acid groups (broad SMARTS) is 1. The number of nitrogens with zero attached hydrogens (tertiary/aromatic N) is 4. The third kappa shape index (κ3) is 5.11. The molecule has 0 aliphatic heterocycles. The topological polar surface area (TPSA) is 92.9 Å². The molecule has 2 N–H and O–H groups in total. The monoisotopic (exact) mass is 483 g/mol. The molecule has 7 nitrogen and oxygen atoms in total. The summed E-state index contributed by atoms with van der Waals surface area (Å²) in [5.74, 6) is -0.862. The van der Waals surface area contributed by atoms with Crippen molar-refractivity contribution in [1.29, 1.82) is 0 Å². The number of fused-ring (bicyclic) bond motifs is 1. The van der Waals surface area contributed by atoms with Gasteiger partial charge in [-0.05, 0) is 44.0 Å². The van der Waals surface area contributed by atoms with Crippen molar-refractivity contribution in [1.82, 2.24) is 19.5 Å². The Balaban J connectivity index is 1.94.